The number of carbonyl (C=O) groups excluding carboxylic acids is 2. The van der Waals surface area contributed by atoms with E-state index in [-0.39, 0.29) is 16.7 Å². The van der Waals surface area contributed by atoms with E-state index < -0.39 is 0 Å². The number of nitrogens with zero attached hydrogens (tertiary/aromatic N) is 3. The van der Waals surface area contributed by atoms with Gasteiger partial charge in [-0.15, -0.1) is 0 Å². The van der Waals surface area contributed by atoms with E-state index in [1.54, 1.807) is 0 Å². The molecule has 30 heavy (non-hydrogen) atoms. The van der Waals surface area contributed by atoms with E-state index >= 15 is 0 Å². The Kier molecular flexibility index (Phi) is 5.93. The molecule has 5 nitrogen and oxygen atoms in total. The lowest BCUT2D eigenvalue weighted by Crippen LogP contribution is -2.53. The Labute approximate surface area is 181 Å². The van der Waals surface area contributed by atoms with E-state index in [1.807, 2.05) is 30.1 Å². The van der Waals surface area contributed by atoms with Crippen LogP contribution in [0, 0.1) is 16.7 Å². The molecule has 3 saturated heterocycles. The molecule has 2 amide bonds. The second-order valence-corrected chi connectivity index (χ2v) is 10.3. The topological polar surface area (TPSA) is 43.9 Å². The molecule has 1 aromatic carbocycles. The number of rotatable bonds is 5. The molecule has 0 aliphatic carbocycles. The molecule has 0 bridgehead atoms. The highest BCUT2D eigenvalue weighted by Gasteiger charge is 2.64. The predicted octanol–water partition coefficient (Wildman–Crippen LogP) is 3.05. The number of piperidine rings is 1. The highest BCUT2D eigenvalue weighted by atomic mass is 16.2. The molecule has 2 spiro atoms. The molecule has 0 saturated carbocycles. The van der Waals surface area contributed by atoms with Crippen LogP contribution in [0.4, 0.5) is 0 Å². The van der Waals surface area contributed by atoms with Crippen molar-refractivity contribution >= 4 is 11.8 Å². The van der Waals surface area contributed by atoms with Crippen LogP contribution in [-0.2, 0) is 16.0 Å². The van der Waals surface area contributed by atoms with Crippen molar-refractivity contribution in [2.75, 3.05) is 46.3 Å². The summed E-state index contributed by atoms with van der Waals surface area (Å²) in [5, 5.41) is 0. The van der Waals surface area contributed by atoms with Crippen molar-refractivity contribution in [2.45, 2.75) is 46.0 Å². The molecule has 164 valence electrons. The molecular formula is C25H37N3O2. The van der Waals surface area contributed by atoms with Gasteiger partial charge in [0, 0.05) is 58.2 Å². The summed E-state index contributed by atoms with van der Waals surface area (Å²) >= 11 is 0. The molecule has 3 fully saturated rings. The molecule has 0 radical (unpaired) electrons. The first-order chi connectivity index (χ1) is 14.4. The summed E-state index contributed by atoms with van der Waals surface area (Å²) in [6.07, 6.45) is 4.26. The normalized spacial score (nSPS) is 26.5. The van der Waals surface area contributed by atoms with Crippen molar-refractivity contribution in [3.63, 3.8) is 0 Å². The van der Waals surface area contributed by atoms with Gasteiger partial charge in [0.25, 0.3) is 0 Å². The summed E-state index contributed by atoms with van der Waals surface area (Å²) in [6.45, 7) is 9.94. The van der Waals surface area contributed by atoms with Gasteiger partial charge >= 0.3 is 0 Å². The number of amides is 2. The van der Waals surface area contributed by atoms with Gasteiger partial charge in [0.15, 0.2) is 0 Å². The van der Waals surface area contributed by atoms with Crippen molar-refractivity contribution in [3.8, 4) is 0 Å². The summed E-state index contributed by atoms with van der Waals surface area (Å²) in [7, 11) is 1.96. The number of hydrogen-bond donors (Lipinski definition) is 0. The third kappa shape index (κ3) is 3.77. The molecule has 5 heteroatoms. The monoisotopic (exact) mass is 411 g/mol. The van der Waals surface area contributed by atoms with E-state index in [0.29, 0.717) is 18.2 Å². The fourth-order valence-corrected chi connectivity index (χ4v) is 6.28. The van der Waals surface area contributed by atoms with E-state index in [1.165, 1.54) is 5.56 Å². The quantitative estimate of drug-likeness (QED) is 0.748. The molecule has 0 aromatic heterocycles. The molecule has 3 aliphatic rings. The Hall–Kier alpha value is -1.88. The summed E-state index contributed by atoms with van der Waals surface area (Å²) in [4.78, 5) is 32.7. The van der Waals surface area contributed by atoms with Crippen molar-refractivity contribution in [1.82, 2.24) is 14.7 Å². The van der Waals surface area contributed by atoms with Crippen molar-refractivity contribution < 1.29 is 9.59 Å². The van der Waals surface area contributed by atoms with Gasteiger partial charge in [-0.2, -0.15) is 0 Å². The Morgan fingerprint density at radius 1 is 1.03 bits per heavy atom. The van der Waals surface area contributed by atoms with Crippen LogP contribution >= 0.6 is 0 Å². The lowest BCUT2D eigenvalue weighted by Gasteiger charge is -2.47. The van der Waals surface area contributed by atoms with Crippen molar-refractivity contribution in [1.29, 1.82) is 0 Å². The van der Waals surface area contributed by atoms with Gasteiger partial charge in [-0.3, -0.25) is 9.59 Å². The lowest BCUT2D eigenvalue weighted by atomic mass is 9.60. The maximum atomic E-state index is 13.3. The Morgan fingerprint density at radius 2 is 1.73 bits per heavy atom. The van der Waals surface area contributed by atoms with Crippen LogP contribution < -0.4 is 0 Å². The Balaban J connectivity index is 1.43. The molecule has 0 unspecified atom stereocenters. The van der Waals surface area contributed by atoms with Crippen LogP contribution in [0.2, 0.25) is 0 Å². The van der Waals surface area contributed by atoms with Crippen molar-refractivity contribution in [3.05, 3.63) is 35.9 Å². The molecular weight excluding hydrogens is 374 g/mol. The maximum Gasteiger partial charge on any atom is 0.230 e. The van der Waals surface area contributed by atoms with Gasteiger partial charge < -0.3 is 14.7 Å². The third-order valence-corrected chi connectivity index (χ3v) is 7.83. The minimum Gasteiger partial charge on any atom is -0.345 e. The zero-order valence-corrected chi connectivity index (χ0v) is 18.9. The first kappa shape index (κ1) is 21.4. The van der Waals surface area contributed by atoms with Crippen LogP contribution in [0.25, 0.3) is 0 Å². The van der Waals surface area contributed by atoms with Crippen LogP contribution in [0.1, 0.15) is 45.1 Å². The Morgan fingerprint density at radius 3 is 2.33 bits per heavy atom. The first-order valence-corrected chi connectivity index (χ1v) is 11.6. The van der Waals surface area contributed by atoms with Crippen LogP contribution in [0.15, 0.2) is 30.3 Å². The third-order valence-electron chi connectivity index (χ3n) is 7.83. The van der Waals surface area contributed by atoms with Crippen LogP contribution in [0.3, 0.4) is 0 Å². The van der Waals surface area contributed by atoms with Gasteiger partial charge in [0.2, 0.25) is 11.8 Å². The average molecular weight is 412 g/mol. The fraction of sp³-hybridized carbons (Fsp3) is 0.680. The van der Waals surface area contributed by atoms with E-state index in [9.17, 15) is 9.59 Å². The van der Waals surface area contributed by atoms with Gasteiger partial charge in [0.05, 0.1) is 5.41 Å². The number of hydrogen-bond acceptors (Lipinski definition) is 3. The van der Waals surface area contributed by atoms with Gasteiger partial charge in [-0.1, -0.05) is 44.2 Å². The zero-order valence-electron chi connectivity index (χ0n) is 18.9. The molecule has 4 rings (SSSR count). The summed E-state index contributed by atoms with van der Waals surface area (Å²) < 4.78 is 0. The largest absolute Gasteiger partial charge is 0.345 e. The van der Waals surface area contributed by atoms with E-state index in [0.717, 1.165) is 65.0 Å². The highest BCUT2D eigenvalue weighted by molar-refractivity contribution is 5.86. The first-order valence-electron chi connectivity index (χ1n) is 11.6. The van der Waals surface area contributed by atoms with Gasteiger partial charge in [0.1, 0.15) is 0 Å². The van der Waals surface area contributed by atoms with Crippen LogP contribution in [-0.4, -0.2) is 72.8 Å². The fourth-order valence-electron chi connectivity index (χ4n) is 6.28. The standard InChI is InChI=1S/C25H37N3O2/c1-20(2)17-27-18-24(25(19-27)13-14-26(3)23(25)30)11-15-28(16-12-24)22(29)10-9-21-7-5-4-6-8-21/h4-8,20H,9-19H2,1-3H3/t25-/m0/s1. The van der Waals surface area contributed by atoms with E-state index in [4.69, 9.17) is 0 Å². The summed E-state index contributed by atoms with van der Waals surface area (Å²) in [5.74, 6) is 1.21. The number of benzene rings is 1. The SMILES string of the molecule is CC(C)CN1CC2(CCN(C(=O)CCc3ccccc3)CC2)[C@@]2(CCN(C)C2=O)C1. The molecule has 3 heterocycles. The smallest absolute Gasteiger partial charge is 0.230 e. The highest BCUT2D eigenvalue weighted by Crippen LogP contribution is 2.57. The van der Waals surface area contributed by atoms with E-state index in [2.05, 4.69) is 35.8 Å². The number of fused-ring (bicyclic) bond motifs is 1. The average Bonchev–Trinajstić information content (AvgIpc) is 3.19. The molecule has 3 aliphatic heterocycles. The number of aryl methyl sites for hydroxylation is 1. The van der Waals surface area contributed by atoms with Crippen LogP contribution in [0.5, 0.6) is 0 Å². The summed E-state index contributed by atoms with van der Waals surface area (Å²) in [5.41, 5.74) is 1.01. The van der Waals surface area contributed by atoms with Gasteiger partial charge in [-0.25, -0.2) is 0 Å². The summed E-state index contributed by atoms with van der Waals surface area (Å²) in [6, 6.07) is 10.3. The number of carbonyl (C=O) groups is 2. The second kappa shape index (κ2) is 8.33. The Bertz CT molecular complexity index is 770. The minimum absolute atomic E-state index is 0.0277. The maximum absolute atomic E-state index is 13.3. The second-order valence-electron chi connectivity index (χ2n) is 10.3. The molecule has 0 N–H and O–H groups in total. The number of likely N-dealkylation sites (tertiary alicyclic amines) is 3. The van der Waals surface area contributed by atoms with Gasteiger partial charge in [-0.05, 0) is 37.2 Å². The predicted molar refractivity (Wildman–Crippen MR) is 119 cm³/mol. The van der Waals surface area contributed by atoms with Crippen molar-refractivity contribution in [2.24, 2.45) is 16.7 Å². The minimum atomic E-state index is -0.240. The molecule has 1 atom stereocenters. The zero-order chi connectivity index (χ0) is 21.4. The molecule has 1 aromatic rings. The lowest BCUT2D eigenvalue weighted by molar-refractivity contribution is -0.143.